The zero-order chi connectivity index (χ0) is 108. The van der Waals surface area contributed by atoms with Crippen molar-refractivity contribution >= 4 is 29.3 Å². The van der Waals surface area contributed by atoms with Crippen molar-refractivity contribution in [2.75, 3.05) is 80.5 Å². The number of nitrogens with two attached hydrogens (primary N) is 2. The third-order valence-electron chi connectivity index (χ3n) is 21.9. The predicted molar refractivity (Wildman–Crippen MR) is 554 cm³/mol. The van der Waals surface area contributed by atoms with E-state index in [4.69, 9.17) is 26.2 Å². The molecule has 0 unspecified atom stereocenters. The van der Waals surface area contributed by atoms with Crippen molar-refractivity contribution in [3.05, 3.63) is 342 Å². The lowest BCUT2D eigenvalue weighted by atomic mass is 9.95. The van der Waals surface area contributed by atoms with Crippen molar-refractivity contribution < 1.29 is 49.4 Å². The zero-order valence-electron chi connectivity index (χ0n) is 87.5. The van der Waals surface area contributed by atoms with E-state index in [9.17, 15) is 39.9 Å². The van der Waals surface area contributed by atoms with Gasteiger partial charge < -0.3 is 35.6 Å². The Hall–Kier alpha value is -15.0. The Kier molecular flexibility index (Phi) is 54.0. The van der Waals surface area contributed by atoms with Crippen LogP contribution in [0.5, 0.6) is 5.75 Å². The number of carbonyl (C=O) groups excluding carboxylic acids is 1. The molecule has 16 heterocycles. The molecule has 2 saturated heterocycles. The molecule has 30 nitrogen and oxygen atoms in total. The molecule has 2 aliphatic heterocycles. The topological polar surface area (TPSA) is 392 Å². The first-order chi connectivity index (χ1) is 67.9. The number of nitrogen functional groups attached to an aromatic ring is 1. The number of rotatable bonds is 6. The van der Waals surface area contributed by atoms with E-state index in [1.54, 1.807) is 74.1 Å². The van der Waals surface area contributed by atoms with Gasteiger partial charge in [0.05, 0.1) is 50.2 Å². The lowest BCUT2D eigenvalue weighted by Crippen LogP contribution is -2.56. The van der Waals surface area contributed by atoms with Crippen LogP contribution in [0, 0.1) is 178 Å². The highest BCUT2D eigenvalue weighted by molar-refractivity contribution is 5.88. The summed E-state index contributed by atoms with van der Waals surface area (Å²) >= 11 is 0. The molecule has 0 radical (unpaired) electrons. The van der Waals surface area contributed by atoms with Crippen LogP contribution in [0.3, 0.4) is 0 Å². The number of nitriles is 1. The molecular formula is C107H139F8N27O3. The molecule has 1 amide bonds. The Morgan fingerprint density at radius 3 is 1.30 bits per heavy atom. The van der Waals surface area contributed by atoms with Crippen LogP contribution in [0.1, 0.15) is 201 Å². The molecule has 4 N–H and O–H groups in total. The Morgan fingerprint density at radius 1 is 0.441 bits per heavy atom. The van der Waals surface area contributed by atoms with Gasteiger partial charge in [-0.2, -0.15) is 31.6 Å². The number of hydrogen-bond donors (Lipinski definition) is 2. The Labute approximate surface area is 848 Å². The number of aryl methyl sites for hydroxylation is 24. The average Bonchev–Trinajstić information content (AvgIpc) is 0.784. The minimum atomic E-state index is -4.41. The van der Waals surface area contributed by atoms with Crippen LogP contribution in [-0.4, -0.2) is 177 Å². The summed E-state index contributed by atoms with van der Waals surface area (Å²) in [7, 11) is 3.99. The fourth-order valence-electron chi connectivity index (χ4n) is 11.7. The summed E-state index contributed by atoms with van der Waals surface area (Å²) in [6, 6.07) is 26.8. The predicted octanol–water partition coefficient (Wildman–Crippen LogP) is 21.2. The van der Waals surface area contributed by atoms with E-state index in [2.05, 4.69) is 175 Å². The number of aromatic nitrogens is 21. The molecule has 145 heavy (non-hydrogen) atoms. The minimum Gasteiger partial charge on any atom is -0.493 e. The number of carbonyl (C=O) groups is 1. The number of anilines is 4. The number of amides is 1. The van der Waals surface area contributed by atoms with Crippen LogP contribution in [-0.2, 0) is 29.9 Å². The van der Waals surface area contributed by atoms with Crippen molar-refractivity contribution in [3.8, 4) is 11.8 Å². The standard InChI is InChI=1S/C11H16N2O.C10H12F2N2.C9H10F3NO.C9H12N2.C9H14N2.C8H8N2.C7H6F3N.C7H9N3O.C7H9N.C6H9N3.3C6H8N2.C5H6N2.CH4/c1-9-3-4-11(12-10(9)2)13-5-7-14-8-6-13;1-7-3-4-9(13-8(7)2)14-5-10(11,12)6-14;1-3-14-7-4-5-13-6(2)8(7)9(10,11)12;1-7-8-4-2-3-5-9(8)11-6-10-7;1-7-5-6-9(11(3)4)10-8(7)2;1-6-7(2)10-4-3-8(6)5-9;1-5-3-2-4-6(11-5)7(8,9)10;1-4-3-9-7(6(8)11)10-5(4)2;1-6-4-3-5-8-7(6)2;1-4-3-8-6(7)9-5(4)2;3*1-5-3-7-4-8-6(5)2;1-5-2-3-6-4-7-5;/h3-4H,5-8H2,1-2H3;3-4H,5-6H2,1-2H3;4-5H,3H2,1-2H3;6H,2-5H2,1H3;5-6H,1-4H3;3-4H,1-2H3;2-4H,1H3;3H,1-2H3,(H2,8,11);3-5H,1-2H3;3H,1-2H3,(H2,7,8,9);3*3-4H,1-2H3;2-4H,1H3;1H4. The highest BCUT2D eigenvalue weighted by Gasteiger charge is 2.44. The van der Waals surface area contributed by atoms with E-state index >= 15 is 0 Å². The monoisotopic (exact) mass is 2000 g/mol. The minimum absolute atomic E-state index is 0. The molecule has 0 spiro atoms. The van der Waals surface area contributed by atoms with Gasteiger partial charge in [-0.05, 0) is 315 Å². The van der Waals surface area contributed by atoms with Crippen LogP contribution in [0.25, 0.3) is 0 Å². The van der Waals surface area contributed by atoms with E-state index < -0.39 is 35.4 Å². The quantitative estimate of drug-likeness (QED) is 0.146. The lowest BCUT2D eigenvalue weighted by molar-refractivity contribution is -0.141. The van der Waals surface area contributed by atoms with Crippen molar-refractivity contribution in [1.82, 2.24) is 105 Å². The molecule has 2 fully saturated rings. The molecule has 0 bridgehead atoms. The molecule has 14 aromatic rings. The van der Waals surface area contributed by atoms with Crippen LogP contribution in [0.15, 0.2) is 172 Å². The van der Waals surface area contributed by atoms with E-state index in [-0.39, 0.29) is 44.4 Å². The molecule has 3 aliphatic rings. The number of primary amides is 1. The van der Waals surface area contributed by atoms with Crippen LogP contribution in [0.4, 0.5) is 58.5 Å². The number of fused-ring (bicyclic) bond motifs is 1. The average molecular weight is 2000 g/mol. The first-order valence-corrected chi connectivity index (χ1v) is 46.1. The van der Waals surface area contributed by atoms with Gasteiger partial charge >= 0.3 is 12.4 Å². The summed E-state index contributed by atoms with van der Waals surface area (Å²) in [5.74, 6) is -0.101. The van der Waals surface area contributed by atoms with Gasteiger partial charge in [0.2, 0.25) is 11.8 Å². The maximum Gasteiger partial charge on any atom is 0.433 e. The summed E-state index contributed by atoms with van der Waals surface area (Å²) < 4.78 is 109. The second-order valence-electron chi connectivity index (χ2n) is 33.5. The fourth-order valence-corrected chi connectivity index (χ4v) is 11.7. The number of alkyl halides is 8. The Morgan fingerprint density at radius 2 is 0.910 bits per heavy atom. The Bertz CT molecular complexity index is 6060. The smallest absolute Gasteiger partial charge is 0.433 e. The highest BCUT2D eigenvalue weighted by Crippen LogP contribution is 2.38. The number of ether oxygens (including phenoxy) is 2. The van der Waals surface area contributed by atoms with Gasteiger partial charge in [-0.15, -0.1) is 0 Å². The molecule has 17 rings (SSSR count). The van der Waals surface area contributed by atoms with Crippen LogP contribution >= 0.6 is 0 Å². The second kappa shape index (κ2) is 63.1. The summed E-state index contributed by atoms with van der Waals surface area (Å²) in [4.78, 5) is 99.5. The molecular weight excluding hydrogens is 1860 g/mol. The summed E-state index contributed by atoms with van der Waals surface area (Å²) in [5.41, 5.74) is 35.9. The second-order valence-corrected chi connectivity index (χ2v) is 33.5. The van der Waals surface area contributed by atoms with Gasteiger partial charge in [-0.1, -0.05) is 37.8 Å². The zero-order valence-corrected chi connectivity index (χ0v) is 87.5. The number of hydrogen-bond acceptors (Lipinski definition) is 29. The van der Waals surface area contributed by atoms with Crippen molar-refractivity contribution in [3.63, 3.8) is 0 Å². The third kappa shape index (κ3) is 46.3. The number of pyridine rings is 7. The SMILES string of the molecule is C.CCOc1ccnc(C)c1C(F)(F)F.Cc1ccc(N(C)C)nc1C.Cc1ccc(N2CC(F)(F)C2)nc1C.Cc1ccc(N2CCOCC2)nc1C.Cc1cccc(C(F)(F)F)n1.Cc1cccnc1C.Cc1ccncn1.Cc1cnc(C(N)=O)nc1C.Cc1cnc(N)nc1C.Cc1cncnc1C.Cc1cncnc1C.Cc1cncnc1C.Cc1nccc(C#N)c1C.Cc1ncnc2c1CCCC2. The van der Waals surface area contributed by atoms with E-state index in [0.717, 1.165) is 152 Å². The molecule has 14 aromatic heterocycles. The van der Waals surface area contributed by atoms with Crippen molar-refractivity contribution in [2.45, 2.75) is 224 Å². The Balaban J connectivity index is 0.000000403. The molecule has 1 aliphatic carbocycles. The van der Waals surface area contributed by atoms with Gasteiger partial charge in [0.1, 0.15) is 66.1 Å². The molecule has 38 heteroatoms. The molecule has 0 atom stereocenters. The third-order valence-corrected chi connectivity index (χ3v) is 21.9. The van der Waals surface area contributed by atoms with Gasteiger partial charge in [0.15, 0.2) is 0 Å². The first-order valence-electron chi connectivity index (χ1n) is 46.1. The lowest BCUT2D eigenvalue weighted by Gasteiger charge is -2.39. The van der Waals surface area contributed by atoms with Crippen molar-refractivity contribution in [2.24, 2.45) is 5.73 Å². The number of halogens is 8. The van der Waals surface area contributed by atoms with Crippen LogP contribution < -0.4 is 30.9 Å². The normalized spacial score (nSPS) is 11.9. The van der Waals surface area contributed by atoms with Gasteiger partial charge in [-0.3, -0.25) is 19.7 Å². The van der Waals surface area contributed by atoms with E-state index in [1.807, 2.05) is 186 Å². The fraction of sp³-hybridized carbons (Fsp3) is 0.393. The van der Waals surface area contributed by atoms with Crippen LogP contribution in [0.2, 0.25) is 0 Å². The van der Waals surface area contributed by atoms with Crippen molar-refractivity contribution in [1.29, 1.82) is 5.26 Å². The number of nitrogens with zero attached hydrogens (tertiary/aromatic N) is 25. The maximum atomic E-state index is 12.6. The highest BCUT2D eigenvalue weighted by atomic mass is 19.4. The van der Waals surface area contributed by atoms with Gasteiger partial charge in [0.25, 0.3) is 11.8 Å². The number of morpholine rings is 1. The van der Waals surface area contributed by atoms with E-state index in [0.29, 0.717) is 23.0 Å². The van der Waals surface area contributed by atoms with Gasteiger partial charge in [-0.25, -0.2) is 98.5 Å². The summed E-state index contributed by atoms with van der Waals surface area (Å²) in [6.45, 7) is 51.2. The largest absolute Gasteiger partial charge is 0.493 e. The van der Waals surface area contributed by atoms with E-state index in [1.165, 1.54) is 97.5 Å². The molecule has 0 aromatic carbocycles. The summed E-state index contributed by atoms with van der Waals surface area (Å²) in [6.07, 6.45) is 19.3. The van der Waals surface area contributed by atoms with Gasteiger partial charge in [0, 0.05) is 163 Å². The maximum absolute atomic E-state index is 12.6. The molecule has 0 saturated carbocycles. The summed E-state index contributed by atoms with van der Waals surface area (Å²) in [5, 5.41) is 8.57. The first kappa shape index (κ1) is 124. The molecule has 776 valence electrons.